The van der Waals surface area contributed by atoms with Crippen molar-refractivity contribution in [2.75, 3.05) is 0 Å². The molecule has 38 heavy (non-hydrogen) atoms. The largest absolute Gasteiger partial charge is 0.282 e. The summed E-state index contributed by atoms with van der Waals surface area (Å²) in [6.45, 7) is 12.3. The van der Waals surface area contributed by atoms with Crippen LogP contribution < -0.4 is 0 Å². The maximum atomic E-state index is 13.1. The number of benzene rings is 3. The van der Waals surface area contributed by atoms with Crippen molar-refractivity contribution < 1.29 is 16.8 Å². The summed E-state index contributed by atoms with van der Waals surface area (Å²) < 4.78 is 60.6. The highest BCUT2D eigenvalue weighted by atomic mass is 32.2. The van der Waals surface area contributed by atoms with Gasteiger partial charge in [-0.15, -0.1) is 0 Å². The number of sulfonamides is 2. The highest BCUT2D eigenvalue weighted by Crippen LogP contribution is 2.27. The van der Waals surface area contributed by atoms with Crippen LogP contribution in [-0.4, -0.2) is 28.3 Å². The third-order valence-electron chi connectivity index (χ3n) is 6.35. The predicted molar refractivity (Wildman–Crippen MR) is 153 cm³/mol. The zero-order valence-corrected chi connectivity index (χ0v) is 24.1. The van der Waals surface area contributed by atoms with Crippen LogP contribution in [0.1, 0.15) is 63.8 Å². The summed E-state index contributed by atoms with van der Waals surface area (Å²) in [7, 11) is -8.00. The van der Waals surface area contributed by atoms with Gasteiger partial charge in [0, 0.05) is 11.1 Å². The van der Waals surface area contributed by atoms with Gasteiger partial charge in [0.1, 0.15) is 0 Å². The normalized spacial score (nSPS) is 16.6. The maximum absolute atomic E-state index is 13.1. The van der Waals surface area contributed by atoms with E-state index in [-0.39, 0.29) is 32.0 Å². The lowest BCUT2D eigenvalue weighted by atomic mass is 9.87. The predicted octanol–water partition coefficient (Wildman–Crippen LogP) is 6.21. The molecule has 0 aliphatic heterocycles. The van der Waals surface area contributed by atoms with Crippen molar-refractivity contribution in [3.8, 4) is 0 Å². The Kier molecular flexibility index (Phi) is 7.10. The molecule has 3 aromatic carbocycles. The first-order valence-electron chi connectivity index (χ1n) is 12.3. The molecule has 0 unspecified atom stereocenters. The van der Waals surface area contributed by atoms with Crippen molar-refractivity contribution in [3.63, 3.8) is 0 Å². The monoisotopic (exact) mass is 548 g/mol. The average molecular weight is 549 g/mol. The number of fused-ring (bicyclic) bond motifs is 1. The van der Waals surface area contributed by atoms with E-state index in [1.807, 2.05) is 0 Å². The first-order valence-corrected chi connectivity index (χ1v) is 15.1. The fourth-order valence-electron chi connectivity index (χ4n) is 4.04. The second-order valence-corrected chi connectivity index (χ2v) is 14.5. The highest BCUT2D eigenvalue weighted by Gasteiger charge is 2.24. The van der Waals surface area contributed by atoms with E-state index in [2.05, 4.69) is 50.3 Å². The minimum Gasteiger partial charge on any atom is -0.199 e. The quantitative estimate of drug-likeness (QED) is 0.388. The van der Waals surface area contributed by atoms with Gasteiger partial charge in [-0.3, -0.25) is 0 Å². The van der Waals surface area contributed by atoms with Crippen molar-refractivity contribution in [1.82, 2.24) is 0 Å². The van der Waals surface area contributed by atoms with Crippen molar-refractivity contribution in [1.29, 1.82) is 0 Å². The van der Waals surface area contributed by atoms with Crippen LogP contribution in [0.25, 0.3) is 0 Å². The lowest BCUT2D eigenvalue weighted by Gasteiger charge is -2.19. The van der Waals surface area contributed by atoms with Gasteiger partial charge in [-0.2, -0.15) is 25.6 Å². The van der Waals surface area contributed by atoms with Gasteiger partial charge < -0.3 is 0 Å². The molecule has 0 amide bonds. The number of allylic oxidation sites excluding steroid dienone is 2. The van der Waals surface area contributed by atoms with E-state index in [0.717, 1.165) is 11.1 Å². The Morgan fingerprint density at radius 2 is 0.816 bits per heavy atom. The van der Waals surface area contributed by atoms with E-state index in [1.54, 1.807) is 72.8 Å². The Morgan fingerprint density at radius 3 is 1.11 bits per heavy atom. The fraction of sp³-hybridized carbons (Fsp3) is 0.267. The van der Waals surface area contributed by atoms with Gasteiger partial charge in [-0.05, 0) is 58.4 Å². The molecular weight excluding hydrogens is 516 g/mol. The summed E-state index contributed by atoms with van der Waals surface area (Å²) in [5, 5.41) is 0. The molecule has 0 saturated heterocycles. The van der Waals surface area contributed by atoms with E-state index in [1.165, 1.54) is 12.2 Å². The third-order valence-corrected chi connectivity index (χ3v) is 8.96. The molecule has 6 nitrogen and oxygen atoms in total. The van der Waals surface area contributed by atoms with Gasteiger partial charge >= 0.3 is 0 Å². The van der Waals surface area contributed by atoms with Crippen LogP contribution in [0.4, 0.5) is 0 Å². The molecule has 0 N–H and O–H groups in total. The minimum absolute atomic E-state index is 0.0876. The summed E-state index contributed by atoms with van der Waals surface area (Å²) in [5.74, 6) is 0. The van der Waals surface area contributed by atoms with Crippen molar-refractivity contribution >= 4 is 31.5 Å². The number of hydrogen-bond acceptors (Lipinski definition) is 4. The van der Waals surface area contributed by atoms with Crippen molar-refractivity contribution in [2.45, 2.75) is 62.2 Å². The smallest absolute Gasteiger partial charge is 0.199 e. The van der Waals surface area contributed by atoms with Crippen LogP contribution >= 0.6 is 0 Å². The second-order valence-electron chi connectivity index (χ2n) is 11.3. The Balaban J connectivity index is 1.71. The molecule has 3 aromatic rings. The van der Waals surface area contributed by atoms with Crippen LogP contribution in [0.2, 0.25) is 0 Å². The standard InChI is InChI=1S/C30H32N2O4S2/c1-29(2,3)21-11-15-23(16-12-21)37(33,34)31-27-19-20-28(26-10-8-7-9-25(26)27)32-38(35,36)24-17-13-22(14-18-24)30(4,5)6/h7-20H,1-6H3. The van der Waals surface area contributed by atoms with Gasteiger partial charge in [0.25, 0.3) is 20.0 Å². The van der Waals surface area contributed by atoms with Gasteiger partial charge in [0.2, 0.25) is 0 Å². The molecule has 0 bridgehead atoms. The maximum Gasteiger partial charge on any atom is 0.282 e. The Morgan fingerprint density at radius 1 is 0.500 bits per heavy atom. The lowest BCUT2D eigenvalue weighted by molar-refractivity contribution is 0.586. The molecule has 4 rings (SSSR count). The molecule has 1 aliphatic rings. The second kappa shape index (κ2) is 9.75. The molecule has 0 saturated carbocycles. The number of hydrogen-bond donors (Lipinski definition) is 0. The van der Waals surface area contributed by atoms with E-state index in [4.69, 9.17) is 0 Å². The van der Waals surface area contributed by atoms with Gasteiger partial charge in [0.15, 0.2) is 0 Å². The number of nitrogens with zero attached hydrogens (tertiary/aromatic N) is 2. The summed E-state index contributed by atoms with van der Waals surface area (Å²) >= 11 is 0. The van der Waals surface area contributed by atoms with Crippen LogP contribution in [-0.2, 0) is 30.9 Å². The SMILES string of the molecule is CC(C)(C)c1ccc(S(=O)(=O)N=C2C=CC(=NS(=O)(=O)c3ccc(C(C)(C)C)cc3)c3ccccc32)cc1. The molecule has 198 valence electrons. The van der Waals surface area contributed by atoms with E-state index in [9.17, 15) is 16.8 Å². The highest BCUT2D eigenvalue weighted by molar-refractivity contribution is 7.90. The summed E-state index contributed by atoms with van der Waals surface area (Å²) in [5.41, 5.74) is 3.22. The van der Waals surface area contributed by atoms with Crippen LogP contribution in [0.5, 0.6) is 0 Å². The first kappa shape index (κ1) is 27.7. The Hall–Kier alpha value is -3.36. The number of rotatable bonds is 4. The van der Waals surface area contributed by atoms with Crippen LogP contribution in [0, 0.1) is 0 Å². The topological polar surface area (TPSA) is 93.0 Å². The Bertz CT molecular complexity index is 1540. The minimum atomic E-state index is -4.00. The van der Waals surface area contributed by atoms with Crippen molar-refractivity contribution in [2.24, 2.45) is 8.80 Å². The molecule has 0 spiro atoms. The van der Waals surface area contributed by atoms with E-state index >= 15 is 0 Å². The van der Waals surface area contributed by atoms with Gasteiger partial charge in [0.05, 0.1) is 21.2 Å². The zero-order valence-electron chi connectivity index (χ0n) is 22.4. The zero-order chi connectivity index (χ0) is 27.9. The van der Waals surface area contributed by atoms with Gasteiger partial charge in [-0.25, -0.2) is 0 Å². The molecule has 1 aliphatic carbocycles. The lowest BCUT2D eigenvalue weighted by Crippen LogP contribution is -2.16. The van der Waals surface area contributed by atoms with Crippen LogP contribution in [0.3, 0.4) is 0 Å². The average Bonchev–Trinajstić information content (AvgIpc) is 2.84. The molecule has 0 fully saturated rings. The molecule has 0 aromatic heterocycles. The van der Waals surface area contributed by atoms with Crippen LogP contribution in [0.15, 0.2) is 104 Å². The summed E-state index contributed by atoms with van der Waals surface area (Å²) in [4.78, 5) is 0.175. The van der Waals surface area contributed by atoms with Gasteiger partial charge in [-0.1, -0.05) is 90.1 Å². The first-order chi connectivity index (χ1) is 17.6. The third kappa shape index (κ3) is 5.87. The summed E-state index contributed by atoms with van der Waals surface area (Å²) in [6, 6.07) is 20.3. The fourth-order valence-corrected chi connectivity index (χ4v) is 6.05. The van der Waals surface area contributed by atoms with E-state index in [0.29, 0.717) is 11.1 Å². The molecule has 0 atom stereocenters. The molecule has 8 heteroatoms. The Labute approximate surface area is 226 Å². The summed E-state index contributed by atoms with van der Waals surface area (Å²) in [6.07, 6.45) is 2.97. The van der Waals surface area contributed by atoms with E-state index < -0.39 is 20.0 Å². The molecule has 0 radical (unpaired) electrons. The molecule has 0 heterocycles. The molecular formula is C30H32N2O4S2. The van der Waals surface area contributed by atoms with Crippen molar-refractivity contribution in [3.05, 3.63) is 107 Å².